The standard InChI is InChI=1S/C6H2BrF2/c7-5-3-4(8)1-2-6(5)9/h2-3H. The zero-order chi connectivity index (χ0) is 6.85. The van der Waals surface area contributed by atoms with E-state index >= 15 is 0 Å². The monoisotopic (exact) mass is 191 g/mol. The van der Waals surface area contributed by atoms with Crippen LogP contribution in [0, 0.1) is 17.7 Å². The van der Waals surface area contributed by atoms with Crippen molar-refractivity contribution in [2.45, 2.75) is 0 Å². The van der Waals surface area contributed by atoms with Crippen LogP contribution in [0.25, 0.3) is 0 Å². The molecular formula is C6H2BrF2. The summed E-state index contributed by atoms with van der Waals surface area (Å²) in [6, 6.07) is 4.04. The van der Waals surface area contributed by atoms with E-state index in [1.165, 1.54) is 0 Å². The summed E-state index contributed by atoms with van der Waals surface area (Å²) in [7, 11) is 0. The highest BCUT2D eigenvalue weighted by molar-refractivity contribution is 9.10. The van der Waals surface area contributed by atoms with Gasteiger partial charge in [0.1, 0.15) is 11.6 Å². The second kappa shape index (κ2) is 2.43. The zero-order valence-electron chi connectivity index (χ0n) is 4.29. The fourth-order valence-electron chi connectivity index (χ4n) is 0.423. The van der Waals surface area contributed by atoms with Crippen LogP contribution >= 0.6 is 15.9 Å². The number of hydrogen-bond acceptors (Lipinski definition) is 0. The highest BCUT2D eigenvalue weighted by Crippen LogP contribution is 2.14. The Kier molecular flexibility index (Phi) is 1.81. The van der Waals surface area contributed by atoms with Gasteiger partial charge in [0.05, 0.1) is 4.47 Å². The average Bonchev–Trinajstić information content (AvgIpc) is 1.80. The highest BCUT2D eigenvalue weighted by Gasteiger charge is 1.97. The van der Waals surface area contributed by atoms with Gasteiger partial charge < -0.3 is 0 Å². The number of benzene rings is 1. The summed E-state index contributed by atoms with van der Waals surface area (Å²) < 4.78 is 24.5. The minimum absolute atomic E-state index is 0.124. The molecule has 0 saturated carbocycles. The Morgan fingerprint density at radius 3 is 2.56 bits per heavy atom. The number of hydrogen-bond donors (Lipinski definition) is 0. The molecular weight excluding hydrogens is 190 g/mol. The first-order chi connectivity index (χ1) is 4.20. The molecule has 1 aromatic carbocycles. The first-order valence-corrected chi connectivity index (χ1v) is 3.01. The maximum atomic E-state index is 12.3. The van der Waals surface area contributed by atoms with Gasteiger partial charge in [-0.2, -0.15) is 0 Å². The Morgan fingerprint density at radius 2 is 2.11 bits per heavy atom. The first kappa shape index (κ1) is 6.68. The number of halogens is 3. The van der Waals surface area contributed by atoms with E-state index in [-0.39, 0.29) is 4.47 Å². The molecule has 0 bridgehead atoms. The molecule has 9 heavy (non-hydrogen) atoms. The normalized spacial score (nSPS) is 9.67. The largest absolute Gasteiger partial charge is 0.206 e. The van der Waals surface area contributed by atoms with Gasteiger partial charge in [-0.3, -0.25) is 0 Å². The molecule has 1 aromatic rings. The fourth-order valence-corrected chi connectivity index (χ4v) is 0.739. The smallest absolute Gasteiger partial charge is 0.138 e. The fraction of sp³-hybridized carbons (Fsp3) is 0. The summed E-state index contributed by atoms with van der Waals surface area (Å²) in [6.45, 7) is 0. The van der Waals surface area contributed by atoms with Crippen LogP contribution in [0.15, 0.2) is 16.6 Å². The van der Waals surface area contributed by atoms with E-state index in [0.29, 0.717) is 0 Å². The topological polar surface area (TPSA) is 0 Å². The Labute approximate surface area is 59.6 Å². The van der Waals surface area contributed by atoms with Crippen LogP contribution in [0.4, 0.5) is 8.78 Å². The van der Waals surface area contributed by atoms with E-state index in [4.69, 9.17) is 0 Å². The van der Waals surface area contributed by atoms with Crippen molar-refractivity contribution >= 4 is 15.9 Å². The molecule has 0 aliphatic carbocycles. The van der Waals surface area contributed by atoms with Crippen molar-refractivity contribution in [3.05, 3.63) is 34.3 Å². The summed E-state index contributed by atoms with van der Waals surface area (Å²) in [5, 5.41) is 0. The van der Waals surface area contributed by atoms with Crippen molar-refractivity contribution in [3.8, 4) is 0 Å². The lowest BCUT2D eigenvalue weighted by atomic mass is 10.3. The molecule has 0 nitrogen and oxygen atoms in total. The lowest BCUT2D eigenvalue weighted by Crippen LogP contribution is -1.78. The molecule has 0 unspecified atom stereocenters. The summed E-state index contributed by atoms with van der Waals surface area (Å²) in [6.07, 6.45) is 0. The van der Waals surface area contributed by atoms with Crippen LogP contribution in [-0.4, -0.2) is 0 Å². The first-order valence-electron chi connectivity index (χ1n) is 2.22. The van der Waals surface area contributed by atoms with E-state index in [9.17, 15) is 8.78 Å². The predicted octanol–water partition coefficient (Wildman–Crippen LogP) is 2.53. The molecule has 0 atom stereocenters. The van der Waals surface area contributed by atoms with Crippen molar-refractivity contribution < 1.29 is 8.78 Å². The quantitative estimate of drug-likeness (QED) is 0.554. The Bertz CT molecular complexity index is 222. The SMILES string of the molecule is Fc1[c]cc(F)c(Br)c1. The van der Waals surface area contributed by atoms with Crippen LogP contribution < -0.4 is 0 Å². The van der Waals surface area contributed by atoms with Gasteiger partial charge in [0, 0.05) is 6.07 Å². The van der Waals surface area contributed by atoms with E-state index in [1.807, 2.05) is 0 Å². The Hall–Kier alpha value is -0.440. The third kappa shape index (κ3) is 1.48. The van der Waals surface area contributed by atoms with Crippen molar-refractivity contribution in [3.63, 3.8) is 0 Å². The second-order valence-electron chi connectivity index (χ2n) is 1.48. The Morgan fingerprint density at radius 1 is 1.44 bits per heavy atom. The molecule has 3 heteroatoms. The third-order valence-corrected chi connectivity index (χ3v) is 1.43. The molecule has 0 amide bonds. The molecule has 0 N–H and O–H groups in total. The molecule has 0 aliphatic heterocycles. The van der Waals surface area contributed by atoms with Crippen molar-refractivity contribution in [1.82, 2.24) is 0 Å². The highest BCUT2D eigenvalue weighted by atomic mass is 79.9. The molecule has 0 heterocycles. The van der Waals surface area contributed by atoms with Crippen LogP contribution in [0.1, 0.15) is 0 Å². The minimum Gasteiger partial charge on any atom is -0.206 e. The summed E-state index contributed by atoms with van der Waals surface area (Å²) >= 11 is 2.81. The molecule has 0 aliphatic rings. The maximum absolute atomic E-state index is 12.3. The molecule has 0 fully saturated rings. The molecule has 47 valence electrons. The summed E-state index contributed by atoms with van der Waals surface area (Å²) in [5.41, 5.74) is 0. The maximum Gasteiger partial charge on any atom is 0.138 e. The minimum atomic E-state index is -0.566. The average molecular weight is 192 g/mol. The van der Waals surface area contributed by atoms with E-state index in [2.05, 4.69) is 22.0 Å². The van der Waals surface area contributed by atoms with Crippen LogP contribution in [0.2, 0.25) is 0 Å². The third-order valence-electron chi connectivity index (χ3n) is 0.818. The zero-order valence-corrected chi connectivity index (χ0v) is 5.87. The summed E-state index contributed by atoms with van der Waals surface area (Å²) in [4.78, 5) is 0. The van der Waals surface area contributed by atoms with Crippen LogP contribution in [0.3, 0.4) is 0 Å². The lowest BCUT2D eigenvalue weighted by molar-refractivity contribution is 0.592. The molecule has 1 radical (unpaired) electrons. The molecule has 0 spiro atoms. The van der Waals surface area contributed by atoms with Gasteiger partial charge in [-0.25, -0.2) is 8.78 Å². The lowest BCUT2D eigenvalue weighted by Gasteiger charge is -1.90. The van der Waals surface area contributed by atoms with E-state index in [0.717, 1.165) is 12.1 Å². The van der Waals surface area contributed by atoms with Crippen molar-refractivity contribution in [2.75, 3.05) is 0 Å². The van der Waals surface area contributed by atoms with Gasteiger partial charge in [0.2, 0.25) is 0 Å². The Balaban J connectivity index is 3.17. The van der Waals surface area contributed by atoms with E-state index in [1.54, 1.807) is 0 Å². The van der Waals surface area contributed by atoms with Gasteiger partial charge in [0.25, 0.3) is 0 Å². The van der Waals surface area contributed by atoms with Gasteiger partial charge >= 0.3 is 0 Å². The van der Waals surface area contributed by atoms with Crippen LogP contribution in [0.5, 0.6) is 0 Å². The second-order valence-corrected chi connectivity index (χ2v) is 2.33. The number of rotatable bonds is 0. The predicted molar refractivity (Wildman–Crippen MR) is 32.9 cm³/mol. The van der Waals surface area contributed by atoms with E-state index < -0.39 is 11.6 Å². The van der Waals surface area contributed by atoms with Crippen LogP contribution in [-0.2, 0) is 0 Å². The van der Waals surface area contributed by atoms with Gasteiger partial charge in [0.15, 0.2) is 0 Å². The van der Waals surface area contributed by atoms with Crippen molar-refractivity contribution in [2.24, 2.45) is 0 Å². The summed E-state index contributed by atoms with van der Waals surface area (Å²) in [5.74, 6) is -1.07. The molecule has 1 rings (SSSR count). The molecule has 0 aromatic heterocycles. The van der Waals surface area contributed by atoms with Gasteiger partial charge in [-0.05, 0) is 28.1 Å². The van der Waals surface area contributed by atoms with Gasteiger partial charge in [-0.1, -0.05) is 0 Å². The molecule has 0 saturated heterocycles. The van der Waals surface area contributed by atoms with Gasteiger partial charge in [-0.15, -0.1) is 0 Å². The van der Waals surface area contributed by atoms with Crippen molar-refractivity contribution in [1.29, 1.82) is 0 Å².